The quantitative estimate of drug-likeness (QED) is 0.931. The van der Waals surface area contributed by atoms with Crippen molar-refractivity contribution in [3.63, 3.8) is 0 Å². The van der Waals surface area contributed by atoms with Gasteiger partial charge >= 0.3 is 0 Å². The van der Waals surface area contributed by atoms with Crippen LogP contribution in [0.4, 0.5) is 10.1 Å². The molecular weight excluding hydrogens is 301 g/mol. The summed E-state index contributed by atoms with van der Waals surface area (Å²) in [6, 6.07) is 4.89. The van der Waals surface area contributed by atoms with Crippen LogP contribution in [0.1, 0.15) is 13.8 Å². The fourth-order valence-electron chi connectivity index (χ4n) is 1.77. The lowest BCUT2D eigenvalue weighted by atomic mass is 10.1. The van der Waals surface area contributed by atoms with Gasteiger partial charge in [0, 0.05) is 4.47 Å². The lowest BCUT2D eigenvalue weighted by Crippen LogP contribution is -2.37. The molecule has 4 nitrogen and oxygen atoms in total. The minimum Gasteiger partial charge on any atom is -0.389 e. The zero-order valence-corrected chi connectivity index (χ0v) is 11.9. The molecule has 1 heterocycles. The summed E-state index contributed by atoms with van der Waals surface area (Å²) in [7, 11) is 0. The van der Waals surface area contributed by atoms with E-state index < -0.39 is 5.60 Å². The van der Waals surface area contributed by atoms with E-state index in [1.54, 1.807) is 42.2 Å². The molecule has 2 rings (SSSR count). The van der Waals surface area contributed by atoms with Gasteiger partial charge in [-0.2, -0.15) is 5.10 Å². The van der Waals surface area contributed by atoms with E-state index in [1.807, 2.05) is 0 Å². The molecule has 0 aliphatic carbocycles. The van der Waals surface area contributed by atoms with Crippen LogP contribution in [0.25, 0.3) is 0 Å². The highest BCUT2D eigenvalue weighted by Crippen LogP contribution is 2.24. The fourth-order valence-corrected chi connectivity index (χ4v) is 2.11. The molecule has 98 valence electrons. The molecule has 0 fully saturated rings. The van der Waals surface area contributed by atoms with E-state index in [0.717, 1.165) is 0 Å². The molecule has 0 saturated heterocycles. The Bertz CT molecular complexity index is 473. The highest BCUT2D eigenvalue weighted by molar-refractivity contribution is 9.10. The molecule has 1 aromatic carbocycles. The Hall–Kier alpha value is -1.14. The molecule has 1 aromatic rings. The van der Waals surface area contributed by atoms with Crippen LogP contribution >= 0.6 is 15.9 Å². The Kier molecular flexibility index (Phi) is 3.59. The van der Waals surface area contributed by atoms with Gasteiger partial charge < -0.3 is 10.0 Å². The summed E-state index contributed by atoms with van der Waals surface area (Å²) in [5.74, 6) is -0.305. The first-order valence-corrected chi connectivity index (χ1v) is 6.37. The van der Waals surface area contributed by atoms with Gasteiger partial charge in [0.15, 0.2) is 0 Å². The van der Waals surface area contributed by atoms with Crippen molar-refractivity contribution in [1.82, 2.24) is 5.01 Å². The Morgan fingerprint density at radius 3 is 2.83 bits per heavy atom. The smallest absolute Gasteiger partial charge is 0.148 e. The molecule has 1 N–H and O–H groups in total. The number of halogens is 2. The van der Waals surface area contributed by atoms with Gasteiger partial charge in [0.05, 0.1) is 17.8 Å². The van der Waals surface area contributed by atoms with E-state index in [2.05, 4.69) is 21.0 Å². The van der Waals surface area contributed by atoms with E-state index in [0.29, 0.717) is 23.4 Å². The van der Waals surface area contributed by atoms with E-state index >= 15 is 0 Å². The summed E-state index contributed by atoms with van der Waals surface area (Å²) >= 11 is 3.22. The summed E-state index contributed by atoms with van der Waals surface area (Å²) in [5, 5.41) is 15.5. The molecule has 0 radical (unpaired) electrons. The SMILES string of the molecule is CC(C)(O)CN1CN(c2ccc(Br)cc2F)C=N1. The maximum Gasteiger partial charge on any atom is 0.148 e. The highest BCUT2D eigenvalue weighted by Gasteiger charge is 2.23. The van der Waals surface area contributed by atoms with Crippen LogP contribution < -0.4 is 4.90 Å². The van der Waals surface area contributed by atoms with Crippen LogP contribution in [0.5, 0.6) is 0 Å². The number of rotatable bonds is 3. The molecule has 0 atom stereocenters. The van der Waals surface area contributed by atoms with E-state index in [9.17, 15) is 9.50 Å². The van der Waals surface area contributed by atoms with Crippen molar-refractivity contribution < 1.29 is 9.50 Å². The van der Waals surface area contributed by atoms with Crippen molar-refractivity contribution >= 4 is 28.0 Å². The number of β-amino-alcohol motifs (C(OH)–C–C–N with tert-alkyl or cyclic N) is 1. The van der Waals surface area contributed by atoms with E-state index in [-0.39, 0.29) is 5.82 Å². The average molecular weight is 316 g/mol. The van der Waals surface area contributed by atoms with Crippen molar-refractivity contribution in [3.05, 3.63) is 28.5 Å². The first kappa shape index (κ1) is 13.3. The number of anilines is 1. The Balaban J connectivity index is 2.08. The summed E-state index contributed by atoms with van der Waals surface area (Å²) in [6.45, 7) is 4.26. The molecular formula is C12H15BrFN3O. The predicted octanol–water partition coefficient (Wildman–Crippen LogP) is 2.38. The predicted molar refractivity (Wildman–Crippen MR) is 72.9 cm³/mol. The molecule has 0 aromatic heterocycles. The Morgan fingerprint density at radius 1 is 1.50 bits per heavy atom. The zero-order valence-electron chi connectivity index (χ0n) is 10.3. The summed E-state index contributed by atoms with van der Waals surface area (Å²) < 4.78 is 14.5. The van der Waals surface area contributed by atoms with Gasteiger partial charge in [-0.1, -0.05) is 15.9 Å². The van der Waals surface area contributed by atoms with Crippen molar-refractivity contribution in [2.75, 3.05) is 18.1 Å². The van der Waals surface area contributed by atoms with Crippen molar-refractivity contribution in [2.24, 2.45) is 5.10 Å². The van der Waals surface area contributed by atoms with Crippen LogP contribution in [0.3, 0.4) is 0 Å². The first-order chi connectivity index (χ1) is 8.35. The van der Waals surface area contributed by atoms with Gasteiger partial charge in [-0.25, -0.2) is 4.39 Å². The molecule has 1 aliphatic rings. The molecule has 0 saturated carbocycles. The average Bonchev–Trinajstić information content (AvgIpc) is 2.63. The second kappa shape index (κ2) is 4.85. The number of hydrogen-bond donors (Lipinski definition) is 1. The van der Waals surface area contributed by atoms with Gasteiger partial charge in [-0.3, -0.25) is 5.01 Å². The summed E-state index contributed by atoms with van der Waals surface area (Å²) in [5.41, 5.74) is -0.355. The molecule has 0 unspecified atom stereocenters. The zero-order chi connectivity index (χ0) is 13.3. The standard InChI is InChI=1S/C12H15BrFN3O/c1-12(2,18)6-17-8-16(7-15-17)11-4-3-9(13)5-10(11)14/h3-5,7,18H,6,8H2,1-2H3. The van der Waals surface area contributed by atoms with E-state index in [4.69, 9.17) is 0 Å². The minimum atomic E-state index is -0.828. The Morgan fingerprint density at radius 2 is 2.22 bits per heavy atom. The van der Waals surface area contributed by atoms with Gasteiger partial charge in [-0.05, 0) is 32.0 Å². The Labute approximate surface area is 114 Å². The monoisotopic (exact) mass is 315 g/mol. The number of nitrogens with zero attached hydrogens (tertiary/aromatic N) is 3. The van der Waals surface area contributed by atoms with Gasteiger partial charge in [0.1, 0.15) is 18.8 Å². The molecule has 1 aliphatic heterocycles. The van der Waals surface area contributed by atoms with Crippen LogP contribution in [0.15, 0.2) is 27.8 Å². The molecule has 18 heavy (non-hydrogen) atoms. The second-order valence-corrected chi connectivity index (χ2v) is 5.83. The first-order valence-electron chi connectivity index (χ1n) is 5.58. The molecule has 0 spiro atoms. The number of hydrazone groups is 1. The topological polar surface area (TPSA) is 39.1 Å². The minimum absolute atomic E-state index is 0.305. The normalized spacial score (nSPS) is 15.6. The van der Waals surface area contributed by atoms with Gasteiger partial charge in [-0.15, -0.1) is 0 Å². The molecule has 0 bridgehead atoms. The van der Waals surface area contributed by atoms with Crippen molar-refractivity contribution in [3.8, 4) is 0 Å². The fraction of sp³-hybridized carbons (Fsp3) is 0.417. The summed E-state index contributed by atoms with van der Waals surface area (Å²) in [4.78, 5) is 1.70. The molecule has 0 amide bonds. The van der Waals surface area contributed by atoms with Crippen molar-refractivity contribution in [2.45, 2.75) is 19.4 Å². The third kappa shape index (κ3) is 3.20. The second-order valence-electron chi connectivity index (χ2n) is 4.91. The number of aliphatic hydroxyl groups is 1. The van der Waals surface area contributed by atoms with Crippen molar-refractivity contribution in [1.29, 1.82) is 0 Å². The lowest BCUT2D eigenvalue weighted by Gasteiger charge is -2.25. The van der Waals surface area contributed by atoms with Crippen LogP contribution in [0.2, 0.25) is 0 Å². The van der Waals surface area contributed by atoms with Crippen LogP contribution in [-0.2, 0) is 0 Å². The van der Waals surface area contributed by atoms with E-state index in [1.165, 1.54) is 6.07 Å². The van der Waals surface area contributed by atoms with Crippen LogP contribution in [-0.4, -0.2) is 35.3 Å². The lowest BCUT2D eigenvalue weighted by molar-refractivity contribution is 0.0410. The highest BCUT2D eigenvalue weighted by atomic mass is 79.9. The number of benzene rings is 1. The maximum atomic E-state index is 13.8. The number of hydrogen-bond acceptors (Lipinski definition) is 4. The molecule has 6 heteroatoms. The summed E-state index contributed by atoms with van der Waals surface area (Å²) in [6.07, 6.45) is 1.57. The van der Waals surface area contributed by atoms with Crippen LogP contribution in [0, 0.1) is 5.82 Å². The van der Waals surface area contributed by atoms with Gasteiger partial charge in [0.2, 0.25) is 0 Å². The van der Waals surface area contributed by atoms with Gasteiger partial charge in [0.25, 0.3) is 0 Å². The maximum absolute atomic E-state index is 13.8. The third-order valence-electron chi connectivity index (χ3n) is 2.46. The largest absolute Gasteiger partial charge is 0.389 e. The third-order valence-corrected chi connectivity index (χ3v) is 2.95.